The molecule has 0 bridgehead atoms. The van der Waals surface area contributed by atoms with Crippen LogP contribution in [0.1, 0.15) is 133 Å². The Hall–Kier alpha value is -1.30. The fourth-order valence-corrected chi connectivity index (χ4v) is 6.09. The second-order valence-corrected chi connectivity index (χ2v) is 14.7. The molecule has 0 aliphatic heterocycles. The average molecular weight is 439 g/mol. The van der Waals surface area contributed by atoms with Crippen molar-refractivity contribution in [1.82, 2.24) is 0 Å². The van der Waals surface area contributed by atoms with E-state index < -0.39 is 0 Å². The molecule has 0 saturated carbocycles. The largest absolute Gasteiger partial charge is 0.100 e. The summed E-state index contributed by atoms with van der Waals surface area (Å²) in [6.07, 6.45) is 5.78. The molecule has 0 radical (unpaired) electrons. The van der Waals surface area contributed by atoms with Crippen molar-refractivity contribution in [3.8, 4) is 0 Å². The van der Waals surface area contributed by atoms with Crippen LogP contribution in [-0.2, 0) is 16.2 Å². The summed E-state index contributed by atoms with van der Waals surface area (Å²) in [5.41, 5.74) is 7.78. The Balaban J connectivity index is 3.56. The third kappa shape index (κ3) is 8.57. The summed E-state index contributed by atoms with van der Waals surface area (Å²) in [5, 5.41) is 0. The van der Waals surface area contributed by atoms with Crippen LogP contribution in [0.2, 0.25) is 0 Å². The Morgan fingerprint density at radius 1 is 0.688 bits per heavy atom. The van der Waals surface area contributed by atoms with Crippen LogP contribution in [0.3, 0.4) is 0 Å². The van der Waals surface area contributed by atoms with Crippen LogP contribution in [0, 0.1) is 10.8 Å². The summed E-state index contributed by atoms with van der Waals surface area (Å²) in [4.78, 5) is 0. The fourth-order valence-electron chi connectivity index (χ4n) is 6.09. The van der Waals surface area contributed by atoms with E-state index in [0.717, 1.165) is 19.3 Å². The molecule has 0 amide bonds. The molecule has 0 aliphatic rings. The molecule has 0 N–H and O–H groups in total. The van der Waals surface area contributed by atoms with Crippen molar-refractivity contribution in [2.75, 3.05) is 0 Å². The lowest BCUT2D eigenvalue weighted by Crippen LogP contribution is -2.30. The van der Waals surface area contributed by atoms with Crippen LogP contribution in [0.15, 0.2) is 42.0 Å². The van der Waals surface area contributed by atoms with Crippen molar-refractivity contribution in [2.45, 2.75) is 132 Å². The summed E-state index contributed by atoms with van der Waals surface area (Å²) in [6, 6.07) is 7.49. The molecule has 0 saturated heterocycles. The van der Waals surface area contributed by atoms with E-state index in [9.17, 15) is 0 Å². The van der Waals surface area contributed by atoms with E-state index in [1.165, 1.54) is 27.8 Å². The lowest BCUT2D eigenvalue weighted by atomic mass is 9.66. The Bertz CT molecular complexity index is 827. The normalized spacial score (nSPS) is 13.8. The molecule has 0 fully saturated rings. The monoisotopic (exact) mass is 438 g/mol. The van der Waals surface area contributed by atoms with Gasteiger partial charge in [0.15, 0.2) is 0 Å². The quantitative estimate of drug-likeness (QED) is 0.336. The lowest BCUT2D eigenvalue weighted by Gasteiger charge is -2.39. The standard InChI is InChI=1S/C32H54/c1-23(2)19-29(8,9)21-31(12,13)26-16-25(28(5,6)7)17-27(18-26)32(14,15)22-30(10,11)20-24(3)4/h16-18,20H,1,19,21-22H2,2-15H3. The summed E-state index contributed by atoms with van der Waals surface area (Å²) in [5.74, 6) is 0. The number of hydrogen-bond donors (Lipinski definition) is 0. The average Bonchev–Trinajstić information content (AvgIpc) is 2.48. The molecule has 0 spiro atoms. The predicted molar refractivity (Wildman–Crippen MR) is 147 cm³/mol. The molecule has 0 aliphatic carbocycles. The van der Waals surface area contributed by atoms with E-state index in [1.54, 1.807) is 0 Å². The first-order valence-electron chi connectivity index (χ1n) is 12.5. The molecular formula is C32H54. The number of benzene rings is 1. The topological polar surface area (TPSA) is 0 Å². The summed E-state index contributed by atoms with van der Waals surface area (Å²) < 4.78 is 0. The van der Waals surface area contributed by atoms with Gasteiger partial charge >= 0.3 is 0 Å². The van der Waals surface area contributed by atoms with E-state index in [0.29, 0.717) is 0 Å². The third-order valence-electron chi connectivity index (χ3n) is 6.64. The first-order valence-corrected chi connectivity index (χ1v) is 12.5. The van der Waals surface area contributed by atoms with E-state index in [4.69, 9.17) is 0 Å². The molecule has 0 atom stereocenters. The van der Waals surface area contributed by atoms with Gasteiger partial charge in [0, 0.05) is 0 Å². The minimum Gasteiger partial charge on any atom is -0.100 e. The van der Waals surface area contributed by atoms with Crippen molar-refractivity contribution >= 4 is 0 Å². The van der Waals surface area contributed by atoms with Gasteiger partial charge in [0.05, 0.1) is 0 Å². The van der Waals surface area contributed by atoms with Crippen molar-refractivity contribution in [2.24, 2.45) is 10.8 Å². The molecule has 0 heteroatoms. The minimum atomic E-state index is 0.0920. The van der Waals surface area contributed by atoms with Crippen molar-refractivity contribution in [1.29, 1.82) is 0 Å². The third-order valence-corrected chi connectivity index (χ3v) is 6.64. The number of hydrogen-bond acceptors (Lipinski definition) is 0. The van der Waals surface area contributed by atoms with Gasteiger partial charge in [-0.05, 0) is 83.8 Å². The summed E-state index contributed by atoms with van der Waals surface area (Å²) in [6.45, 7) is 37.0. The predicted octanol–water partition coefficient (Wildman–Crippen LogP) is 10.3. The van der Waals surface area contributed by atoms with E-state index in [-0.39, 0.29) is 27.1 Å². The zero-order valence-corrected chi connectivity index (χ0v) is 24.1. The van der Waals surface area contributed by atoms with Crippen LogP contribution < -0.4 is 0 Å². The summed E-state index contributed by atoms with van der Waals surface area (Å²) >= 11 is 0. The molecule has 1 aromatic carbocycles. The zero-order chi connectivity index (χ0) is 25.3. The zero-order valence-electron chi connectivity index (χ0n) is 24.1. The number of rotatable bonds is 9. The van der Waals surface area contributed by atoms with Crippen LogP contribution in [-0.4, -0.2) is 0 Å². The molecule has 1 aromatic rings. The van der Waals surface area contributed by atoms with E-state index in [1.807, 2.05) is 0 Å². The molecule has 182 valence electrons. The molecule has 0 unspecified atom stereocenters. The van der Waals surface area contributed by atoms with E-state index in [2.05, 4.69) is 128 Å². The minimum absolute atomic E-state index is 0.0920. The van der Waals surface area contributed by atoms with Gasteiger partial charge in [0.25, 0.3) is 0 Å². The van der Waals surface area contributed by atoms with E-state index >= 15 is 0 Å². The Morgan fingerprint density at radius 2 is 1.09 bits per heavy atom. The van der Waals surface area contributed by atoms with Crippen LogP contribution in [0.5, 0.6) is 0 Å². The molecule has 0 heterocycles. The van der Waals surface area contributed by atoms with Gasteiger partial charge in [-0.15, -0.1) is 6.58 Å². The smallest absolute Gasteiger partial charge is 0.00953 e. The highest BCUT2D eigenvalue weighted by molar-refractivity contribution is 5.41. The van der Waals surface area contributed by atoms with Crippen molar-refractivity contribution in [3.05, 3.63) is 58.7 Å². The Labute approximate surface area is 202 Å². The highest BCUT2D eigenvalue weighted by Crippen LogP contribution is 2.44. The van der Waals surface area contributed by atoms with Crippen LogP contribution >= 0.6 is 0 Å². The van der Waals surface area contributed by atoms with Gasteiger partial charge in [0.2, 0.25) is 0 Å². The molecule has 0 nitrogen and oxygen atoms in total. The van der Waals surface area contributed by atoms with Crippen LogP contribution in [0.25, 0.3) is 0 Å². The Morgan fingerprint density at radius 3 is 1.47 bits per heavy atom. The lowest BCUT2D eigenvalue weighted by molar-refractivity contribution is 0.254. The second-order valence-electron chi connectivity index (χ2n) is 14.7. The van der Waals surface area contributed by atoms with Crippen molar-refractivity contribution in [3.63, 3.8) is 0 Å². The molecular weight excluding hydrogens is 384 g/mol. The maximum Gasteiger partial charge on any atom is -0.00953 e. The SMILES string of the molecule is C=C(C)CC(C)(C)CC(C)(C)c1cc(C(C)(C)C)cc(C(C)(C)CC(C)(C)C=C(C)C)c1. The van der Waals surface area contributed by atoms with Gasteiger partial charge in [0.1, 0.15) is 0 Å². The van der Waals surface area contributed by atoms with Crippen LogP contribution in [0.4, 0.5) is 0 Å². The van der Waals surface area contributed by atoms with Gasteiger partial charge in [-0.2, -0.15) is 0 Å². The van der Waals surface area contributed by atoms with Gasteiger partial charge < -0.3 is 0 Å². The highest BCUT2D eigenvalue weighted by atomic mass is 14.4. The first-order chi connectivity index (χ1) is 14.1. The fraction of sp³-hybridized carbons (Fsp3) is 0.688. The van der Waals surface area contributed by atoms with Gasteiger partial charge in [-0.3, -0.25) is 0 Å². The summed E-state index contributed by atoms with van der Waals surface area (Å²) in [7, 11) is 0. The first kappa shape index (κ1) is 28.7. The molecule has 32 heavy (non-hydrogen) atoms. The Kier molecular flexibility index (Phi) is 8.55. The number of allylic oxidation sites excluding steroid dienone is 3. The molecule has 1 rings (SSSR count). The van der Waals surface area contributed by atoms with Crippen molar-refractivity contribution < 1.29 is 0 Å². The second kappa shape index (κ2) is 9.52. The maximum absolute atomic E-state index is 4.19. The van der Waals surface area contributed by atoms with Gasteiger partial charge in [-0.1, -0.05) is 112 Å². The molecule has 0 aromatic heterocycles. The highest BCUT2D eigenvalue weighted by Gasteiger charge is 2.34. The van der Waals surface area contributed by atoms with Gasteiger partial charge in [-0.25, -0.2) is 0 Å². The maximum atomic E-state index is 4.19.